The number of aliphatic hydroxyl groups excluding tert-OH is 1. The summed E-state index contributed by atoms with van der Waals surface area (Å²) in [4.78, 5) is 17.6. The number of amides is 1. The second kappa shape index (κ2) is 5.92. The van der Waals surface area contributed by atoms with E-state index < -0.39 is 29.7 Å². The fraction of sp³-hybridized carbons (Fsp3) is 0.250. The number of aromatic hydroxyl groups is 1. The van der Waals surface area contributed by atoms with Gasteiger partial charge in [0.1, 0.15) is 17.4 Å². The van der Waals surface area contributed by atoms with Gasteiger partial charge in [0.15, 0.2) is 0 Å². The maximum absolute atomic E-state index is 14.0. The molecule has 1 aliphatic rings. The Kier molecular flexibility index (Phi) is 3.96. The van der Waals surface area contributed by atoms with Crippen molar-refractivity contribution >= 4 is 5.91 Å². The molecule has 0 unspecified atom stereocenters. The number of aromatic nitrogens is 1. The van der Waals surface area contributed by atoms with Crippen molar-refractivity contribution in [1.29, 1.82) is 0 Å². The zero-order valence-corrected chi connectivity index (χ0v) is 12.0. The first-order chi connectivity index (χ1) is 11.0. The van der Waals surface area contributed by atoms with Crippen molar-refractivity contribution in [3.8, 4) is 5.75 Å². The normalized spacial score (nSPS) is 20.7. The van der Waals surface area contributed by atoms with Crippen LogP contribution < -0.4 is 0 Å². The largest absolute Gasteiger partial charge is 0.506 e. The average Bonchev–Trinajstić information content (AvgIpc) is 2.90. The molecule has 23 heavy (non-hydrogen) atoms. The number of carbonyl (C=O) groups excluding carboxylic acids is 1. The molecule has 0 radical (unpaired) electrons. The molecular weight excluding hydrogens is 306 g/mol. The standard InChI is InChI=1S/C16H14F2N2O3/c17-10-1-2-14(18)13(4-10)15-5-12(22)8-20(15)16(23)9-3-11(21)7-19-6-9/h1-4,6-7,12,15,21-22H,5,8H2/t12-,15+/m0/s1. The van der Waals surface area contributed by atoms with Crippen molar-refractivity contribution in [2.75, 3.05) is 6.54 Å². The van der Waals surface area contributed by atoms with Crippen molar-refractivity contribution in [2.45, 2.75) is 18.6 Å². The van der Waals surface area contributed by atoms with Gasteiger partial charge in [0.05, 0.1) is 23.9 Å². The molecule has 0 spiro atoms. The Bertz CT molecular complexity index is 754. The van der Waals surface area contributed by atoms with Gasteiger partial charge in [0.25, 0.3) is 5.91 Å². The van der Waals surface area contributed by atoms with Gasteiger partial charge in [-0.05, 0) is 30.7 Å². The summed E-state index contributed by atoms with van der Waals surface area (Å²) in [5.41, 5.74) is 0.129. The van der Waals surface area contributed by atoms with Crippen LogP contribution in [-0.4, -0.2) is 38.7 Å². The fourth-order valence-electron chi connectivity index (χ4n) is 2.81. The first-order valence-corrected chi connectivity index (χ1v) is 7.03. The number of nitrogens with zero attached hydrogens (tertiary/aromatic N) is 2. The third kappa shape index (κ3) is 3.00. The lowest BCUT2D eigenvalue weighted by Gasteiger charge is -2.25. The van der Waals surface area contributed by atoms with Crippen LogP contribution in [0, 0.1) is 11.6 Å². The summed E-state index contributed by atoms with van der Waals surface area (Å²) >= 11 is 0. The van der Waals surface area contributed by atoms with E-state index >= 15 is 0 Å². The van der Waals surface area contributed by atoms with Gasteiger partial charge in [-0.2, -0.15) is 0 Å². The fourth-order valence-corrected chi connectivity index (χ4v) is 2.81. The number of β-amino-alcohol motifs (C(OH)–C–C–N with tert-alkyl or cyclic N) is 1. The van der Waals surface area contributed by atoms with Crippen molar-refractivity contribution < 1.29 is 23.8 Å². The Morgan fingerprint density at radius 1 is 1.26 bits per heavy atom. The van der Waals surface area contributed by atoms with E-state index in [0.717, 1.165) is 18.2 Å². The predicted octanol–water partition coefficient (Wildman–Crippen LogP) is 2.01. The van der Waals surface area contributed by atoms with Crippen LogP contribution in [0.2, 0.25) is 0 Å². The van der Waals surface area contributed by atoms with E-state index in [9.17, 15) is 23.8 Å². The van der Waals surface area contributed by atoms with Crippen molar-refractivity contribution in [2.24, 2.45) is 0 Å². The summed E-state index contributed by atoms with van der Waals surface area (Å²) in [6, 6.07) is 3.47. The molecule has 1 aromatic carbocycles. The van der Waals surface area contributed by atoms with E-state index in [1.165, 1.54) is 23.4 Å². The van der Waals surface area contributed by atoms with Crippen molar-refractivity contribution in [1.82, 2.24) is 9.88 Å². The summed E-state index contributed by atoms with van der Waals surface area (Å²) in [6.45, 7) is -0.00485. The van der Waals surface area contributed by atoms with E-state index in [0.29, 0.717) is 0 Å². The van der Waals surface area contributed by atoms with Gasteiger partial charge in [0, 0.05) is 18.3 Å². The molecule has 2 aromatic rings. The third-order valence-corrected chi connectivity index (χ3v) is 3.83. The van der Waals surface area contributed by atoms with Gasteiger partial charge in [-0.15, -0.1) is 0 Å². The first-order valence-electron chi connectivity index (χ1n) is 7.03. The molecule has 120 valence electrons. The van der Waals surface area contributed by atoms with Crippen LogP contribution >= 0.6 is 0 Å². The Morgan fingerprint density at radius 3 is 2.78 bits per heavy atom. The summed E-state index contributed by atoms with van der Waals surface area (Å²) in [5.74, 6) is -1.95. The second-order valence-corrected chi connectivity index (χ2v) is 5.46. The summed E-state index contributed by atoms with van der Waals surface area (Å²) in [5, 5.41) is 19.3. The Labute approximate surface area is 130 Å². The highest BCUT2D eigenvalue weighted by Crippen LogP contribution is 2.35. The number of hydrogen-bond donors (Lipinski definition) is 2. The maximum atomic E-state index is 14.0. The quantitative estimate of drug-likeness (QED) is 0.888. The lowest BCUT2D eigenvalue weighted by atomic mass is 10.0. The Morgan fingerprint density at radius 2 is 2.04 bits per heavy atom. The van der Waals surface area contributed by atoms with Gasteiger partial charge >= 0.3 is 0 Å². The number of hydrogen-bond acceptors (Lipinski definition) is 4. The van der Waals surface area contributed by atoms with E-state index in [-0.39, 0.29) is 29.8 Å². The smallest absolute Gasteiger partial charge is 0.256 e. The molecule has 1 amide bonds. The monoisotopic (exact) mass is 320 g/mol. The summed E-state index contributed by atoms with van der Waals surface area (Å²) in [7, 11) is 0. The van der Waals surface area contributed by atoms with Crippen molar-refractivity contribution in [3.05, 3.63) is 59.4 Å². The van der Waals surface area contributed by atoms with Crippen LogP contribution in [0.15, 0.2) is 36.7 Å². The topological polar surface area (TPSA) is 73.7 Å². The highest BCUT2D eigenvalue weighted by atomic mass is 19.1. The van der Waals surface area contributed by atoms with Crippen molar-refractivity contribution in [3.63, 3.8) is 0 Å². The summed E-state index contributed by atoms with van der Waals surface area (Å²) < 4.78 is 27.4. The molecule has 2 atom stereocenters. The minimum atomic E-state index is -0.836. The minimum absolute atomic E-state index is 0.00485. The van der Waals surface area contributed by atoms with Gasteiger partial charge in [-0.3, -0.25) is 9.78 Å². The Hall–Kier alpha value is -2.54. The Balaban J connectivity index is 1.97. The second-order valence-electron chi connectivity index (χ2n) is 5.46. The molecule has 0 saturated carbocycles. The number of aliphatic hydroxyl groups is 1. The minimum Gasteiger partial charge on any atom is -0.506 e. The van der Waals surface area contributed by atoms with E-state index in [1.807, 2.05) is 0 Å². The molecule has 1 aromatic heterocycles. The molecule has 5 nitrogen and oxygen atoms in total. The lowest BCUT2D eigenvalue weighted by molar-refractivity contribution is 0.0713. The number of benzene rings is 1. The maximum Gasteiger partial charge on any atom is 0.256 e. The zero-order chi connectivity index (χ0) is 16.6. The number of likely N-dealkylation sites (tertiary alicyclic amines) is 1. The number of rotatable bonds is 2. The van der Waals surface area contributed by atoms with E-state index in [1.54, 1.807) is 0 Å². The average molecular weight is 320 g/mol. The van der Waals surface area contributed by atoms with Gasteiger partial charge in [0.2, 0.25) is 0 Å². The number of pyridine rings is 1. The van der Waals surface area contributed by atoms with Crippen LogP contribution in [0.1, 0.15) is 28.4 Å². The lowest BCUT2D eigenvalue weighted by Crippen LogP contribution is -2.32. The molecular formula is C16H14F2N2O3. The molecule has 3 rings (SSSR count). The molecule has 2 N–H and O–H groups in total. The summed E-state index contributed by atoms with van der Waals surface area (Å²) in [6.07, 6.45) is 1.72. The highest BCUT2D eigenvalue weighted by molar-refractivity contribution is 5.94. The molecule has 1 fully saturated rings. The highest BCUT2D eigenvalue weighted by Gasteiger charge is 2.37. The molecule has 1 saturated heterocycles. The van der Waals surface area contributed by atoms with E-state index in [2.05, 4.69) is 4.98 Å². The molecule has 7 heteroatoms. The van der Waals surface area contributed by atoms with E-state index in [4.69, 9.17) is 0 Å². The molecule has 0 aliphatic carbocycles. The molecule has 1 aliphatic heterocycles. The van der Waals surface area contributed by atoms with Crippen LogP contribution in [0.3, 0.4) is 0 Å². The number of halogens is 2. The van der Waals surface area contributed by atoms with Crippen LogP contribution in [-0.2, 0) is 0 Å². The molecule has 2 heterocycles. The predicted molar refractivity (Wildman–Crippen MR) is 76.7 cm³/mol. The zero-order valence-electron chi connectivity index (χ0n) is 12.0. The van der Waals surface area contributed by atoms with Gasteiger partial charge < -0.3 is 15.1 Å². The van der Waals surface area contributed by atoms with Crippen LogP contribution in [0.25, 0.3) is 0 Å². The molecule has 0 bridgehead atoms. The van der Waals surface area contributed by atoms with Gasteiger partial charge in [-0.1, -0.05) is 0 Å². The van der Waals surface area contributed by atoms with Crippen LogP contribution in [0.4, 0.5) is 8.78 Å². The number of carbonyl (C=O) groups is 1. The first kappa shape index (κ1) is 15.4. The van der Waals surface area contributed by atoms with Gasteiger partial charge in [-0.25, -0.2) is 8.78 Å². The van der Waals surface area contributed by atoms with Crippen LogP contribution in [0.5, 0.6) is 5.75 Å². The third-order valence-electron chi connectivity index (χ3n) is 3.83. The SMILES string of the molecule is O=C(c1cncc(O)c1)N1C[C@@H](O)C[C@@H]1c1cc(F)ccc1F.